The van der Waals surface area contributed by atoms with Crippen molar-refractivity contribution in [3.05, 3.63) is 62.0 Å². The molecule has 1 unspecified atom stereocenters. The van der Waals surface area contributed by atoms with E-state index in [2.05, 4.69) is 76.1 Å². The molecule has 1 atom stereocenters. The molecule has 19 heavy (non-hydrogen) atoms. The van der Waals surface area contributed by atoms with Crippen LogP contribution >= 0.6 is 31.9 Å². The highest BCUT2D eigenvalue weighted by atomic mass is 79.9. The van der Waals surface area contributed by atoms with E-state index in [1.165, 1.54) is 16.7 Å². The van der Waals surface area contributed by atoms with Crippen LogP contribution in [-0.2, 0) is 0 Å². The molecule has 0 aromatic heterocycles. The molecule has 0 aliphatic rings. The highest BCUT2D eigenvalue weighted by Crippen LogP contribution is 2.34. The molecule has 0 aliphatic carbocycles. The molecule has 0 amide bonds. The van der Waals surface area contributed by atoms with E-state index in [4.69, 9.17) is 0 Å². The number of para-hydroxylation sites is 1. The third-order valence-electron chi connectivity index (χ3n) is 3.22. The molecule has 1 N–H and O–H groups in total. The first kappa shape index (κ1) is 14.6. The zero-order chi connectivity index (χ0) is 14.0. The molecule has 1 nitrogen and oxygen atoms in total. The fraction of sp³-hybridized carbons (Fsp3) is 0.250. The van der Waals surface area contributed by atoms with Crippen LogP contribution in [0.2, 0.25) is 0 Å². The molecule has 0 heterocycles. The average Bonchev–Trinajstić information content (AvgIpc) is 2.37. The van der Waals surface area contributed by atoms with E-state index in [-0.39, 0.29) is 6.04 Å². The van der Waals surface area contributed by atoms with Crippen LogP contribution in [0.3, 0.4) is 0 Å². The summed E-state index contributed by atoms with van der Waals surface area (Å²) >= 11 is 7.18. The van der Waals surface area contributed by atoms with Crippen molar-refractivity contribution in [1.29, 1.82) is 0 Å². The SMILES string of the molecule is Cc1ccc(C)c(C(C)Nc2c(Br)cccc2Br)c1. The molecule has 3 heteroatoms. The topological polar surface area (TPSA) is 12.0 Å². The number of hydrogen-bond donors (Lipinski definition) is 1. The first-order chi connectivity index (χ1) is 8.99. The molecule has 0 radical (unpaired) electrons. The minimum atomic E-state index is 0.259. The number of hydrogen-bond acceptors (Lipinski definition) is 1. The van der Waals surface area contributed by atoms with Crippen LogP contribution in [0.4, 0.5) is 5.69 Å². The van der Waals surface area contributed by atoms with E-state index in [1.54, 1.807) is 0 Å². The van der Waals surface area contributed by atoms with Gasteiger partial charge in [-0.05, 0) is 75.9 Å². The molecule has 0 bridgehead atoms. The monoisotopic (exact) mass is 381 g/mol. The van der Waals surface area contributed by atoms with E-state index < -0.39 is 0 Å². The van der Waals surface area contributed by atoms with Crippen LogP contribution in [0, 0.1) is 13.8 Å². The highest BCUT2D eigenvalue weighted by Gasteiger charge is 2.12. The van der Waals surface area contributed by atoms with Gasteiger partial charge in [0.05, 0.1) is 5.69 Å². The third-order valence-corrected chi connectivity index (χ3v) is 4.55. The summed E-state index contributed by atoms with van der Waals surface area (Å²) in [5.41, 5.74) is 5.03. The van der Waals surface area contributed by atoms with Crippen LogP contribution in [0.15, 0.2) is 45.3 Å². The maximum Gasteiger partial charge on any atom is 0.0633 e. The molecule has 0 fully saturated rings. The fourth-order valence-corrected chi connectivity index (χ4v) is 3.38. The van der Waals surface area contributed by atoms with Crippen molar-refractivity contribution in [1.82, 2.24) is 0 Å². The summed E-state index contributed by atoms with van der Waals surface area (Å²) in [5, 5.41) is 3.57. The van der Waals surface area contributed by atoms with Crippen LogP contribution in [0.25, 0.3) is 0 Å². The van der Waals surface area contributed by atoms with Gasteiger partial charge in [-0.1, -0.05) is 29.8 Å². The van der Waals surface area contributed by atoms with Crippen molar-refractivity contribution < 1.29 is 0 Å². The van der Waals surface area contributed by atoms with Gasteiger partial charge in [0.25, 0.3) is 0 Å². The average molecular weight is 383 g/mol. The van der Waals surface area contributed by atoms with Crippen molar-refractivity contribution in [2.45, 2.75) is 26.8 Å². The maximum atomic E-state index is 3.59. The number of nitrogens with one attached hydrogen (secondary N) is 1. The third kappa shape index (κ3) is 3.40. The van der Waals surface area contributed by atoms with Crippen molar-refractivity contribution in [3.8, 4) is 0 Å². The fourth-order valence-electron chi connectivity index (χ4n) is 2.16. The normalized spacial score (nSPS) is 12.3. The number of benzene rings is 2. The molecule has 0 saturated heterocycles. The Balaban J connectivity index is 2.31. The Morgan fingerprint density at radius 2 is 1.63 bits per heavy atom. The summed E-state index contributed by atoms with van der Waals surface area (Å²) in [6.07, 6.45) is 0. The zero-order valence-electron chi connectivity index (χ0n) is 11.3. The van der Waals surface area contributed by atoms with Gasteiger partial charge in [-0.25, -0.2) is 0 Å². The van der Waals surface area contributed by atoms with Gasteiger partial charge < -0.3 is 5.32 Å². The second-order valence-corrected chi connectivity index (χ2v) is 6.53. The second-order valence-electron chi connectivity index (χ2n) is 4.82. The Morgan fingerprint density at radius 1 is 1.00 bits per heavy atom. The maximum absolute atomic E-state index is 3.59. The number of halogens is 2. The Bertz CT molecular complexity index is 573. The van der Waals surface area contributed by atoms with Crippen LogP contribution < -0.4 is 5.32 Å². The lowest BCUT2D eigenvalue weighted by atomic mass is 10.00. The highest BCUT2D eigenvalue weighted by molar-refractivity contribution is 9.11. The first-order valence-corrected chi connectivity index (χ1v) is 7.85. The molecule has 2 aromatic carbocycles. The summed E-state index contributed by atoms with van der Waals surface area (Å²) in [6.45, 7) is 6.47. The van der Waals surface area contributed by atoms with E-state index in [0.717, 1.165) is 14.6 Å². The van der Waals surface area contributed by atoms with Gasteiger partial charge in [-0.15, -0.1) is 0 Å². The van der Waals surface area contributed by atoms with Crippen molar-refractivity contribution in [2.24, 2.45) is 0 Å². The van der Waals surface area contributed by atoms with E-state index >= 15 is 0 Å². The van der Waals surface area contributed by atoms with Gasteiger partial charge in [-0.2, -0.15) is 0 Å². The van der Waals surface area contributed by atoms with Crippen molar-refractivity contribution >= 4 is 37.5 Å². The van der Waals surface area contributed by atoms with Gasteiger partial charge in [0.1, 0.15) is 0 Å². The number of rotatable bonds is 3. The van der Waals surface area contributed by atoms with E-state index in [0.29, 0.717) is 0 Å². The summed E-state index contributed by atoms with van der Waals surface area (Å²) < 4.78 is 2.14. The molecule has 100 valence electrons. The second kappa shape index (κ2) is 6.10. The minimum absolute atomic E-state index is 0.259. The zero-order valence-corrected chi connectivity index (χ0v) is 14.5. The molecule has 2 aromatic rings. The van der Waals surface area contributed by atoms with Crippen molar-refractivity contribution in [3.63, 3.8) is 0 Å². The van der Waals surface area contributed by atoms with Gasteiger partial charge in [0, 0.05) is 15.0 Å². The molecule has 0 aliphatic heterocycles. The lowest BCUT2D eigenvalue weighted by molar-refractivity contribution is 0.870. The first-order valence-electron chi connectivity index (χ1n) is 6.26. The molecule has 2 rings (SSSR count). The number of anilines is 1. The van der Waals surface area contributed by atoms with Crippen LogP contribution in [0.1, 0.15) is 29.7 Å². The Labute approximate surface area is 131 Å². The standard InChI is InChI=1S/C16H17Br2N/c1-10-7-8-11(2)13(9-10)12(3)19-16-14(17)5-4-6-15(16)18/h4-9,12,19H,1-3H3. The Kier molecular flexibility index (Phi) is 4.69. The summed E-state index contributed by atoms with van der Waals surface area (Å²) in [6, 6.07) is 12.9. The molecule has 0 saturated carbocycles. The summed E-state index contributed by atoms with van der Waals surface area (Å²) in [5.74, 6) is 0. The van der Waals surface area contributed by atoms with E-state index in [9.17, 15) is 0 Å². The molecular weight excluding hydrogens is 366 g/mol. The van der Waals surface area contributed by atoms with Gasteiger partial charge in [0.15, 0.2) is 0 Å². The quantitative estimate of drug-likeness (QED) is 0.686. The summed E-state index contributed by atoms with van der Waals surface area (Å²) in [7, 11) is 0. The number of aryl methyl sites for hydroxylation is 2. The molecular formula is C16H17Br2N. The van der Waals surface area contributed by atoms with Crippen molar-refractivity contribution in [2.75, 3.05) is 5.32 Å². The lowest BCUT2D eigenvalue weighted by Gasteiger charge is -2.20. The molecule has 0 spiro atoms. The summed E-state index contributed by atoms with van der Waals surface area (Å²) in [4.78, 5) is 0. The predicted octanol–water partition coefficient (Wildman–Crippen LogP) is 6.00. The largest absolute Gasteiger partial charge is 0.377 e. The van der Waals surface area contributed by atoms with Gasteiger partial charge in [-0.3, -0.25) is 0 Å². The minimum Gasteiger partial charge on any atom is -0.377 e. The predicted molar refractivity (Wildman–Crippen MR) is 89.8 cm³/mol. The van der Waals surface area contributed by atoms with E-state index in [1.807, 2.05) is 18.2 Å². The Morgan fingerprint density at radius 3 is 2.26 bits per heavy atom. The van der Waals surface area contributed by atoms with Crippen LogP contribution in [0.5, 0.6) is 0 Å². The lowest BCUT2D eigenvalue weighted by Crippen LogP contribution is -2.09. The Hall–Kier alpha value is -0.800. The van der Waals surface area contributed by atoms with Gasteiger partial charge >= 0.3 is 0 Å². The van der Waals surface area contributed by atoms with Gasteiger partial charge in [0.2, 0.25) is 0 Å². The smallest absolute Gasteiger partial charge is 0.0633 e. The van der Waals surface area contributed by atoms with Crippen LogP contribution in [-0.4, -0.2) is 0 Å².